The number of nitrogen functional groups attached to an aromatic ring is 1. The van der Waals surface area contributed by atoms with Crippen molar-refractivity contribution in [1.29, 1.82) is 0 Å². The number of aliphatic hydroxyl groups is 2. The summed E-state index contributed by atoms with van der Waals surface area (Å²) in [4.78, 5) is 9.18. The van der Waals surface area contributed by atoms with Crippen LogP contribution in [0.25, 0.3) is 21.9 Å². The second kappa shape index (κ2) is 6.37. The highest BCUT2D eigenvalue weighted by Crippen LogP contribution is 2.31. The highest BCUT2D eigenvalue weighted by molar-refractivity contribution is 6.06. The largest absolute Gasteiger partial charge is 0.396 e. The standard InChI is InChI=1S/C18H24N4O2/c1-3-6-14-21-15-16(22(14)9-18(2,10-23)11-24)12-7-4-5-8-13(12)20-17(15)19/h4-5,7-8,23-24H,3,6,9-11H2,1-2H3,(H2,19,20). The first kappa shape index (κ1) is 16.7. The van der Waals surface area contributed by atoms with Gasteiger partial charge in [-0.25, -0.2) is 9.97 Å². The lowest BCUT2D eigenvalue weighted by molar-refractivity contribution is 0.0557. The minimum Gasteiger partial charge on any atom is -0.396 e. The smallest absolute Gasteiger partial charge is 0.152 e. The summed E-state index contributed by atoms with van der Waals surface area (Å²) in [6, 6.07) is 7.83. The molecule has 0 unspecified atom stereocenters. The van der Waals surface area contributed by atoms with E-state index in [1.54, 1.807) is 0 Å². The Balaban J connectivity index is 2.33. The molecule has 0 aliphatic carbocycles. The lowest BCUT2D eigenvalue weighted by Gasteiger charge is -2.26. The molecule has 0 spiro atoms. The maximum Gasteiger partial charge on any atom is 0.152 e. The molecular weight excluding hydrogens is 304 g/mol. The summed E-state index contributed by atoms with van der Waals surface area (Å²) in [6.45, 7) is 4.22. The van der Waals surface area contributed by atoms with Gasteiger partial charge in [0, 0.05) is 23.8 Å². The topological polar surface area (TPSA) is 97.2 Å². The van der Waals surface area contributed by atoms with Crippen LogP contribution in [0.2, 0.25) is 0 Å². The van der Waals surface area contributed by atoms with Crippen molar-refractivity contribution in [1.82, 2.24) is 14.5 Å². The average molecular weight is 328 g/mol. The van der Waals surface area contributed by atoms with Gasteiger partial charge in [0.15, 0.2) is 5.82 Å². The molecule has 24 heavy (non-hydrogen) atoms. The molecule has 128 valence electrons. The molecule has 0 amide bonds. The van der Waals surface area contributed by atoms with E-state index in [0.717, 1.165) is 35.1 Å². The zero-order valence-corrected chi connectivity index (χ0v) is 14.2. The molecule has 2 aromatic heterocycles. The Morgan fingerprint density at radius 3 is 2.54 bits per heavy atom. The summed E-state index contributed by atoms with van der Waals surface area (Å²) in [7, 11) is 0. The van der Waals surface area contributed by atoms with E-state index in [-0.39, 0.29) is 13.2 Å². The maximum absolute atomic E-state index is 9.71. The monoisotopic (exact) mass is 328 g/mol. The number of anilines is 1. The van der Waals surface area contributed by atoms with E-state index in [9.17, 15) is 10.2 Å². The minimum atomic E-state index is -0.630. The van der Waals surface area contributed by atoms with Crippen molar-refractivity contribution in [3.05, 3.63) is 30.1 Å². The van der Waals surface area contributed by atoms with Crippen LogP contribution in [0.5, 0.6) is 0 Å². The van der Waals surface area contributed by atoms with Crippen LogP contribution in [0.4, 0.5) is 5.82 Å². The van der Waals surface area contributed by atoms with E-state index in [0.29, 0.717) is 17.9 Å². The molecule has 0 saturated heterocycles. The molecule has 0 fully saturated rings. The van der Waals surface area contributed by atoms with Gasteiger partial charge in [0.25, 0.3) is 0 Å². The first-order valence-electron chi connectivity index (χ1n) is 8.28. The van der Waals surface area contributed by atoms with Gasteiger partial charge in [-0.3, -0.25) is 0 Å². The van der Waals surface area contributed by atoms with Crippen molar-refractivity contribution in [3.63, 3.8) is 0 Å². The molecule has 6 nitrogen and oxygen atoms in total. The number of pyridine rings is 1. The third-order valence-electron chi connectivity index (χ3n) is 4.47. The van der Waals surface area contributed by atoms with Crippen molar-refractivity contribution in [3.8, 4) is 0 Å². The molecule has 0 radical (unpaired) electrons. The second-order valence-electron chi connectivity index (χ2n) is 6.70. The Labute approximate surface area is 141 Å². The van der Waals surface area contributed by atoms with Gasteiger partial charge in [-0.1, -0.05) is 32.0 Å². The highest BCUT2D eigenvalue weighted by Gasteiger charge is 2.27. The fourth-order valence-corrected chi connectivity index (χ4v) is 3.02. The quantitative estimate of drug-likeness (QED) is 0.644. The van der Waals surface area contributed by atoms with Gasteiger partial charge in [-0.05, 0) is 12.5 Å². The average Bonchev–Trinajstić information content (AvgIpc) is 2.94. The normalized spacial score (nSPS) is 12.3. The Morgan fingerprint density at radius 2 is 1.88 bits per heavy atom. The fourth-order valence-electron chi connectivity index (χ4n) is 3.02. The summed E-state index contributed by atoms with van der Waals surface area (Å²) < 4.78 is 2.09. The van der Waals surface area contributed by atoms with Crippen molar-refractivity contribution in [2.45, 2.75) is 33.2 Å². The third-order valence-corrected chi connectivity index (χ3v) is 4.47. The summed E-state index contributed by atoms with van der Waals surface area (Å²) >= 11 is 0. The number of hydrogen-bond acceptors (Lipinski definition) is 5. The van der Waals surface area contributed by atoms with Crippen LogP contribution in [-0.4, -0.2) is 38.0 Å². The maximum atomic E-state index is 9.71. The van der Waals surface area contributed by atoms with Crippen molar-refractivity contribution in [2.75, 3.05) is 18.9 Å². The number of rotatable bonds is 6. The van der Waals surface area contributed by atoms with Crippen molar-refractivity contribution >= 4 is 27.8 Å². The van der Waals surface area contributed by atoms with Gasteiger partial charge in [0.05, 0.1) is 24.2 Å². The molecule has 0 aliphatic heterocycles. The zero-order valence-electron chi connectivity index (χ0n) is 14.2. The van der Waals surface area contributed by atoms with E-state index in [1.807, 2.05) is 31.2 Å². The second-order valence-corrected chi connectivity index (χ2v) is 6.70. The number of fused-ring (bicyclic) bond motifs is 3. The Kier molecular flexibility index (Phi) is 4.43. The van der Waals surface area contributed by atoms with Crippen LogP contribution >= 0.6 is 0 Å². The number of para-hydroxylation sites is 1. The Morgan fingerprint density at radius 1 is 1.17 bits per heavy atom. The van der Waals surface area contributed by atoms with Crippen molar-refractivity contribution in [2.24, 2.45) is 5.41 Å². The fraction of sp³-hybridized carbons (Fsp3) is 0.444. The molecule has 6 heteroatoms. The van der Waals surface area contributed by atoms with Gasteiger partial charge in [-0.2, -0.15) is 0 Å². The lowest BCUT2D eigenvalue weighted by atomic mass is 9.92. The molecule has 0 atom stereocenters. The first-order valence-corrected chi connectivity index (χ1v) is 8.28. The Hall–Kier alpha value is -2.18. The van der Waals surface area contributed by atoms with Gasteiger partial charge in [0.2, 0.25) is 0 Å². The Bertz CT molecular complexity index is 868. The predicted molar refractivity (Wildman–Crippen MR) is 95.7 cm³/mol. The van der Waals surface area contributed by atoms with Crippen LogP contribution in [-0.2, 0) is 13.0 Å². The summed E-state index contributed by atoms with van der Waals surface area (Å²) in [5.41, 5.74) is 7.95. The molecule has 2 heterocycles. The van der Waals surface area contributed by atoms with Crippen LogP contribution in [0.1, 0.15) is 26.1 Å². The molecule has 0 bridgehead atoms. The van der Waals surface area contributed by atoms with Crippen LogP contribution in [0, 0.1) is 5.41 Å². The summed E-state index contributed by atoms with van der Waals surface area (Å²) in [6.07, 6.45) is 1.75. The van der Waals surface area contributed by atoms with Gasteiger partial charge in [0.1, 0.15) is 11.3 Å². The highest BCUT2D eigenvalue weighted by atomic mass is 16.3. The van der Waals surface area contributed by atoms with Gasteiger partial charge in [-0.15, -0.1) is 0 Å². The van der Waals surface area contributed by atoms with E-state index in [1.165, 1.54) is 0 Å². The molecule has 3 rings (SSSR count). The van der Waals surface area contributed by atoms with Gasteiger partial charge < -0.3 is 20.5 Å². The van der Waals surface area contributed by atoms with Crippen LogP contribution in [0.3, 0.4) is 0 Å². The first-order chi connectivity index (χ1) is 11.5. The van der Waals surface area contributed by atoms with E-state index in [2.05, 4.69) is 16.5 Å². The number of nitrogens with zero attached hydrogens (tertiary/aromatic N) is 3. The number of benzene rings is 1. The molecule has 4 N–H and O–H groups in total. The van der Waals surface area contributed by atoms with E-state index < -0.39 is 5.41 Å². The summed E-state index contributed by atoms with van der Waals surface area (Å²) in [5.74, 6) is 1.32. The number of aliphatic hydroxyl groups excluding tert-OH is 2. The molecule has 0 saturated carbocycles. The van der Waals surface area contributed by atoms with Crippen LogP contribution in [0.15, 0.2) is 24.3 Å². The third kappa shape index (κ3) is 2.72. The van der Waals surface area contributed by atoms with Crippen LogP contribution < -0.4 is 5.73 Å². The SMILES string of the molecule is CCCc1nc2c(N)nc3ccccc3c2n1CC(C)(CO)CO. The molecule has 3 aromatic rings. The van der Waals surface area contributed by atoms with Gasteiger partial charge >= 0.3 is 0 Å². The van der Waals surface area contributed by atoms with E-state index in [4.69, 9.17) is 10.7 Å². The number of hydrogen-bond donors (Lipinski definition) is 3. The van der Waals surface area contributed by atoms with Crippen molar-refractivity contribution < 1.29 is 10.2 Å². The minimum absolute atomic E-state index is 0.104. The lowest BCUT2D eigenvalue weighted by Crippen LogP contribution is -2.32. The predicted octanol–water partition coefficient (Wildman–Crippen LogP) is 2.11. The summed E-state index contributed by atoms with van der Waals surface area (Å²) in [5, 5.41) is 20.4. The number of aromatic nitrogens is 3. The number of aryl methyl sites for hydroxylation is 1. The molecule has 0 aliphatic rings. The van der Waals surface area contributed by atoms with E-state index >= 15 is 0 Å². The number of nitrogens with two attached hydrogens (primary N) is 1. The zero-order chi connectivity index (χ0) is 17.3. The molecular formula is C18H24N4O2. The number of imidazole rings is 1. The molecule has 1 aromatic carbocycles.